The van der Waals surface area contributed by atoms with Gasteiger partial charge >= 0.3 is 5.97 Å². The molecule has 0 atom stereocenters. The van der Waals surface area contributed by atoms with Crippen LogP contribution in [-0.2, 0) is 26.2 Å². The number of rotatable bonds is 7. The molecule has 144 valence electrons. The topological polar surface area (TPSA) is 77.5 Å². The van der Waals surface area contributed by atoms with E-state index in [0.29, 0.717) is 17.4 Å². The van der Waals surface area contributed by atoms with Gasteiger partial charge in [0.25, 0.3) is 0 Å². The molecule has 1 aromatic carbocycles. The lowest BCUT2D eigenvalue weighted by Gasteiger charge is -2.28. The second-order valence-corrected chi connectivity index (χ2v) is 7.46. The van der Waals surface area contributed by atoms with E-state index in [1.165, 1.54) is 11.3 Å². The van der Waals surface area contributed by atoms with Crippen molar-refractivity contribution in [3.8, 4) is 5.75 Å². The zero-order valence-electron chi connectivity index (χ0n) is 15.6. The molecule has 2 aromatic rings. The Labute approximate surface area is 162 Å². The number of esters is 1. The fourth-order valence-corrected chi connectivity index (χ4v) is 4.27. The summed E-state index contributed by atoms with van der Waals surface area (Å²) in [6, 6.07) is 7.73. The average Bonchev–Trinajstić information content (AvgIpc) is 3.32. The third kappa shape index (κ3) is 4.30. The molecule has 1 fully saturated rings. The number of carbonyl (C=O) groups is 2. The number of anilines is 1. The number of ether oxygens (including phenoxy) is 2. The number of hydrogen-bond acceptors (Lipinski definition) is 6. The van der Waals surface area contributed by atoms with Crippen LogP contribution >= 0.6 is 11.3 Å². The van der Waals surface area contributed by atoms with Gasteiger partial charge in [-0.05, 0) is 37.5 Å². The summed E-state index contributed by atoms with van der Waals surface area (Å²) >= 11 is 1.32. The van der Waals surface area contributed by atoms with Crippen molar-refractivity contribution in [3.05, 3.63) is 40.9 Å². The van der Waals surface area contributed by atoms with E-state index in [4.69, 9.17) is 9.47 Å². The molecule has 0 radical (unpaired) electrons. The highest BCUT2D eigenvalue weighted by Gasteiger charge is 2.43. The Bertz CT molecular complexity index is 812. The van der Waals surface area contributed by atoms with Gasteiger partial charge in [-0.15, -0.1) is 11.3 Å². The van der Waals surface area contributed by atoms with Crippen molar-refractivity contribution in [3.63, 3.8) is 0 Å². The summed E-state index contributed by atoms with van der Waals surface area (Å²) in [7, 11) is 1.63. The van der Waals surface area contributed by atoms with Crippen LogP contribution in [0.15, 0.2) is 29.6 Å². The first-order valence-electron chi connectivity index (χ1n) is 9.13. The Morgan fingerprint density at radius 3 is 2.78 bits per heavy atom. The molecular formula is C20H24N2O4S. The summed E-state index contributed by atoms with van der Waals surface area (Å²) in [6.07, 6.45) is 3.73. The smallest absolute Gasteiger partial charge is 0.311 e. The van der Waals surface area contributed by atoms with Gasteiger partial charge in [-0.1, -0.05) is 25.0 Å². The van der Waals surface area contributed by atoms with Gasteiger partial charge in [0.05, 0.1) is 31.2 Å². The summed E-state index contributed by atoms with van der Waals surface area (Å²) in [5.74, 6) is 0.382. The second-order valence-electron chi connectivity index (χ2n) is 6.60. The summed E-state index contributed by atoms with van der Waals surface area (Å²) in [4.78, 5) is 29.1. The third-order valence-electron chi connectivity index (χ3n) is 4.92. The van der Waals surface area contributed by atoms with Crippen molar-refractivity contribution in [2.24, 2.45) is 0 Å². The van der Waals surface area contributed by atoms with Gasteiger partial charge in [-0.3, -0.25) is 9.59 Å². The van der Waals surface area contributed by atoms with Gasteiger partial charge in [-0.25, -0.2) is 4.98 Å². The fourth-order valence-electron chi connectivity index (χ4n) is 3.57. The van der Waals surface area contributed by atoms with E-state index in [0.717, 1.165) is 37.0 Å². The van der Waals surface area contributed by atoms with E-state index < -0.39 is 5.41 Å². The molecule has 3 rings (SSSR count). The second kappa shape index (κ2) is 8.52. The molecule has 0 spiro atoms. The Kier molecular flexibility index (Phi) is 6.11. The molecule has 1 aromatic heterocycles. The van der Waals surface area contributed by atoms with Crippen LogP contribution < -0.4 is 10.1 Å². The van der Waals surface area contributed by atoms with Gasteiger partial charge in [0, 0.05) is 5.38 Å². The number of carbonyl (C=O) groups excluding carboxylic acids is 2. The lowest BCUT2D eigenvalue weighted by molar-refractivity contribution is -0.142. The minimum absolute atomic E-state index is 0.0507. The van der Waals surface area contributed by atoms with Crippen molar-refractivity contribution in [2.45, 2.75) is 44.4 Å². The standard InChI is InChI=1S/C20H24N2O4S/c1-3-26-17(23)12-15-13-27-19(21-15)22-18(24)20(9-4-5-10-20)14-7-6-8-16(11-14)25-2/h6-8,11,13H,3-5,9-10,12H2,1-2H3,(H,21,22,24). The number of amides is 1. The van der Waals surface area contributed by atoms with Gasteiger partial charge in [0.15, 0.2) is 5.13 Å². The van der Waals surface area contributed by atoms with Crippen LogP contribution in [0.3, 0.4) is 0 Å². The van der Waals surface area contributed by atoms with Gasteiger partial charge in [0.1, 0.15) is 5.75 Å². The quantitative estimate of drug-likeness (QED) is 0.732. The maximum absolute atomic E-state index is 13.2. The predicted octanol–water partition coefficient (Wildman–Crippen LogP) is 3.71. The number of hydrogen-bond donors (Lipinski definition) is 1. The lowest BCUT2D eigenvalue weighted by Crippen LogP contribution is -2.38. The normalized spacial score (nSPS) is 15.3. The molecular weight excluding hydrogens is 364 g/mol. The first-order valence-corrected chi connectivity index (χ1v) is 10.0. The van der Waals surface area contributed by atoms with Crippen LogP contribution in [0, 0.1) is 0 Å². The van der Waals surface area contributed by atoms with Crippen molar-refractivity contribution < 1.29 is 19.1 Å². The monoisotopic (exact) mass is 388 g/mol. The third-order valence-corrected chi connectivity index (χ3v) is 5.72. The summed E-state index contributed by atoms with van der Waals surface area (Å²) in [5.41, 5.74) is 1.01. The van der Waals surface area contributed by atoms with Gasteiger partial charge in [0.2, 0.25) is 5.91 Å². The fraction of sp³-hybridized carbons (Fsp3) is 0.450. The molecule has 6 nitrogen and oxygen atoms in total. The molecule has 27 heavy (non-hydrogen) atoms. The Morgan fingerprint density at radius 1 is 1.30 bits per heavy atom. The van der Waals surface area contributed by atoms with Crippen molar-refractivity contribution in [1.82, 2.24) is 4.98 Å². The summed E-state index contributed by atoms with van der Waals surface area (Å²) < 4.78 is 10.3. The summed E-state index contributed by atoms with van der Waals surface area (Å²) in [5, 5.41) is 5.25. The van der Waals surface area contributed by atoms with E-state index in [-0.39, 0.29) is 18.3 Å². The lowest BCUT2D eigenvalue weighted by atomic mass is 9.78. The van der Waals surface area contributed by atoms with Crippen LogP contribution in [0.2, 0.25) is 0 Å². The van der Waals surface area contributed by atoms with Gasteiger partial charge in [-0.2, -0.15) is 0 Å². The number of thiazole rings is 1. The van der Waals surface area contributed by atoms with Crippen LogP contribution in [0.4, 0.5) is 5.13 Å². The highest BCUT2D eigenvalue weighted by atomic mass is 32.1. The molecule has 0 saturated heterocycles. The highest BCUT2D eigenvalue weighted by molar-refractivity contribution is 7.14. The van der Waals surface area contributed by atoms with Crippen LogP contribution in [0.1, 0.15) is 43.9 Å². The largest absolute Gasteiger partial charge is 0.497 e. The van der Waals surface area contributed by atoms with Crippen LogP contribution in [-0.4, -0.2) is 30.6 Å². The zero-order valence-corrected chi connectivity index (χ0v) is 16.4. The van der Waals surface area contributed by atoms with Gasteiger partial charge < -0.3 is 14.8 Å². The highest BCUT2D eigenvalue weighted by Crippen LogP contribution is 2.43. The molecule has 1 aliphatic rings. The molecule has 7 heteroatoms. The average molecular weight is 388 g/mol. The molecule has 1 saturated carbocycles. The first-order chi connectivity index (χ1) is 13.1. The zero-order chi connectivity index (χ0) is 19.3. The number of aromatic nitrogens is 1. The Hall–Kier alpha value is -2.41. The summed E-state index contributed by atoms with van der Waals surface area (Å²) in [6.45, 7) is 2.11. The first kappa shape index (κ1) is 19.4. The molecule has 0 bridgehead atoms. The minimum atomic E-state index is -0.568. The maximum Gasteiger partial charge on any atom is 0.311 e. The minimum Gasteiger partial charge on any atom is -0.497 e. The van der Waals surface area contributed by atoms with Crippen molar-refractivity contribution in [1.29, 1.82) is 0 Å². The SMILES string of the molecule is CCOC(=O)Cc1csc(NC(=O)C2(c3cccc(OC)c3)CCCC2)n1. The Balaban J connectivity index is 1.76. The molecule has 0 aliphatic heterocycles. The van der Waals surface area contributed by atoms with E-state index >= 15 is 0 Å². The van der Waals surface area contributed by atoms with Crippen LogP contribution in [0.25, 0.3) is 0 Å². The molecule has 1 heterocycles. The number of methoxy groups -OCH3 is 1. The van der Waals surface area contributed by atoms with E-state index in [2.05, 4.69) is 10.3 Å². The molecule has 0 unspecified atom stereocenters. The van der Waals surface area contributed by atoms with Crippen LogP contribution in [0.5, 0.6) is 5.75 Å². The number of nitrogens with one attached hydrogen (secondary N) is 1. The predicted molar refractivity (Wildman–Crippen MR) is 104 cm³/mol. The van der Waals surface area contributed by atoms with E-state index in [1.807, 2.05) is 24.3 Å². The van der Waals surface area contributed by atoms with E-state index in [9.17, 15) is 9.59 Å². The van der Waals surface area contributed by atoms with E-state index in [1.54, 1.807) is 19.4 Å². The molecule has 1 amide bonds. The van der Waals surface area contributed by atoms with Crippen molar-refractivity contribution >= 4 is 28.3 Å². The maximum atomic E-state index is 13.2. The Morgan fingerprint density at radius 2 is 2.07 bits per heavy atom. The molecule has 1 aliphatic carbocycles. The van der Waals surface area contributed by atoms with Crippen molar-refractivity contribution in [2.75, 3.05) is 19.0 Å². The number of benzene rings is 1. The number of nitrogens with zero attached hydrogens (tertiary/aromatic N) is 1. The molecule has 1 N–H and O–H groups in total.